The van der Waals surface area contributed by atoms with Crippen molar-refractivity contribution in [3.05, 3.63) is 89.8 Å². The minimum Gasteiger partial charge on any atom is -0.493 e. The molecule has 0 spiro atoms. The molecule has 4 aromatic rings. The Balaban J connectivity index is 1.31. The fourth-order valence-electron chi connectivity index (χ4n) is 5.00. The number of allylic oxidation sites excluding steroid dienone is 1. The predicted molar refractivity (Wildman–Crippen MR) is 148 cm³/mol. The van der Waals surface area contributed by atoms with E-state index < -0.39 is 0 Å². The predicted octanol–water partition coefficient (Wildman–Crippen LogP) is 6.38. The van der Waals surface area contributed by atoms with Gasteiger partial charge >= 0.3 is 0 Å². The van der Waals surface area contributed by atoms with Crippen LogP contribution in [0.5, 0.6) is 11.5 Å². The summed E-state index contributed by atoms with van der Waals surface area (Å²) in [4.78, 5) is 19.8. The van der Waals surface area contributed by atoms with E-state index in [1.54, 1.807) is 7.11 Å². The summed E-state index contributed by atoms with van der Waals surface area (Å²) in [5.74, 6) is 2.62. The molecule has 0 saturated carbocycles. The van der Waals surface area contributed by atoms with Gasteiger partial charge in [0.05, 0.1) is 24.8 Å². The molecule has 190 valence electrons. The Hall–Kier alpha value is -4.06. The van der Waals surface area contributed by atoms with E-state index in [0.717, 1.165) is 52.6 Å². The van der Waals surface area contributed by atoms with Crippen molar-refractivity contribution < 1.29 is 14.3 Å². The number of imidazole rings is 1. The maximum atomic E-state index is 13.0. The lowest BCUT2D eigenvalue weighted by molar-refractivity contribution is -0.117. The van der Waals surface area contributed by atoms with E-state index in [2.05, 4.69) is 17.6 Å². The Morgan fingerprint density at radius 1 is 1.05 bits per heavy atom. The number of aryl methyl sites for hydroxylation is 2. The highest BCUT2D eigenvalue weighted by Crippen LogP contribution is 2.34. The second-order valence-electron chi connectivity index (χ2n) is 9.46. The monoisotopic (exact) mass is 495 g/mol. The summed E-state index contributed by atoms with van der Waals surface area (Å²) < 4.78 is 13.9. The van der Waals surface area contributed by atoms with Crippen molar-refractivity contribution in [2.24, 2.45) is 0 Å². The van der Waals surface area contributed by atoms with Crippen LogP contribution in [0.3, 0.4) is 0 Å². The molecule has 3 aromatic carbocycles. The van der Waals surface area contributed by atoms with Crippen LogP contribution < -0.4 is 14.4 Å². The second-order valence-corrected chi connectivity index (χ2v) is 9.46. The summed E-state index contributed by atoms with van der Waals surface area (Å²) in [5.41, 5.74) is 5.26. The third-order valence-corrected chi connectivity index (χ3v) is 6.85. The largest absolute Gasteiger partial charge is 0.493 e. The fraction of sp³-hybridized carbons (Fsp3) is 0.290. The van der Waals surface area contributed by atoms with Crippen LogP contribution in [0.1, 0.15) is 42.6 Å². The molecule has 1 saturated heterocycles. The Labute approximate surface area is 218 Å². The van der Waals surface area contributed by atoms with Gasteiger partial charge in [-0.1, -0.05) is 48.0 Å². The van der Waals surface area contributed by atoms with Crippen LogP contribution in [0.2, 0.25) is 0 Å². The Morgan fingerprint density at radius 2 is 1.86 bits per heavy atom. The number of nitrogens with zero attached hydrogens (tertiary/aromatic N) is 3. The van der Waals surface area contributed by atoms with Crippen LogP contribution in [0.4, 0.5) is 5.69 Å². The van der Waals surface area contributed by atoms with Gasteiger partial charge in [0.15, 0.2) is 11.5 Å². The van der Waals surface area contributed by atoms with Crippen molar-refractivity contribution in [2.75, 3.05) is 25.2 Å². The van der Waals surface area contributed by atoms with Crippen LogP contribution in [-0.2, 0) is 11.3 Å². The normalized spacial score (nSPS) is 15.7. The number of hydrogen-bond donors (Lipinski definition) is 0. The van der Waals surface area contributed by atoms with E-state index in [1.807, 2.05) is 84.6 Å². The average Bonchev–Trinajstić information content (AvgIpc) is 3.48. The van der Waals surface area contributed by atoms with E-state index >= 15 is 0 Å². The van der Waals surface area contributed by atoms with E-state index in [4.69, 9.17) is 14.5 Å². The third kappa shape index (κ3) is 5.24. The standard InChI is InChI=1S/C31H33N3O3/c1-4-8-23-13-16-28(29(19-23)36-3)37-18-7-17-33-27-10-6-5-9-26(27)32-31(33)24-20-30(35)34(21-24)25-14-11-22(2)12-15-25/h4-6,8-16,19,24H,7,17-18,20-21H2,1-3H3/b8-4+. The van der Waals surface area contributed by atoms with Crippen molar-refractivity contribution in [3.8, 4) is 11.5 Å². The summed E-state index contributed by atoms with van der Waals surface area (Å²) in [6, 6.07) is 22.3. The molecule has 6 nitrogen and oxygen atoms in total. The highest BCUT2D eigenvalue weighted by molar-refractivity contribution is 5.96. The lowest BCUT2D eigenvalue weighted by Crippen LogP contribution is -2.24. The molecule has 1 atom stereocenters. The number of anilines is 1. The maximum Gasteiger partial charge on any atom is 0.227 e. The summed E-state index contributed by atoms with van der Waals surface area (Å²) in [7, 11) is 1.66. The van der Waals surface area contributed by atoms with Gasteiger partial charge in [-0.05, 0) is 62.2 Å². The van der Waals surface area contributed by atoms with Crippen molar-refractivity contribution in [1.82, 2.24) is 9.55 Å². The molecule has 1 amide bonds. The molecular formula is C31H33N3O3. The first-order valence-electron chi connectivity index (χ1n) is 12.8. The van der Waals surface area contributed by atoms with E-state index in [-0.39, 0.29) is 11.8 Å². The van der Waals surface area contributed by atoms with Crippen molar-refractivity contribution >= 4 is 28.7 Å². The molecule has 1 aliphatic heterocycles. The van der Waals surface area contributed by atoms with Crippen molar-refractivity contribution in [3.63, 3.8) is 0 Å². The molecule has 1 unspecified atom stereocenters. The number of hydrogen-bond acceptors (Lipinski definition) is 4. The number of para-hydroxylation sites is 2. The van der Waals surface area contributed by atoms with Gasteiger partial charge in [-0.2, -0.15) is 0 Å². The average molecular weight is 496 g/mol. The van der Waals surface area contributed by atoms with Crippen LogP contribution in [0.15, 0.2) is 72.8 Å². The van der Waals surface area contributed by atoms with Crippen molar-refractivity contribution in [2.45, 2.75) is 39.2 Å². The molecule has 2 heterocycles. The van der Waals surface area contributed by atoms with Crippen LogP contribution in [0.25, 0.3) is 17.1 Å². The number of carbonyl (C=O) groups excluding carboxylic acids is 1. The molecule has 5 rings (SSSR count). The van der Waals surface area contributed by atoms with Gasteiger partial charge in [-0.3, -0.25) is 4.79 Å². The zero-order valence-electron chi connectivity index (χ0n) is 21.7. The SMILES string of the molecule is C/C=C/c1ccc(OCCCn2c(C3CC(=O)N(c4ccc(C)cc4)C3)nc3ccccc32)c(OC)c1. The summed E-state index contributed by atoms with van der Waals surface area (Å²) in [5, 5.41) is 0. The lowest BCUT2D eigenvalue weighted by atomic mass is 10.1. The van der Waals surface area contributed by atoms with Gasteiger partial charge in [-0.25, -0.2) is 4.98 Å². The zero-order valence-corrected chi connectivity index (χ0v) is 21.7. The van der Waals surface area contributed by atoms with Crippen LogP contribution in [-0.4, -0.2) is 35.7 Å². The number of carbonyl (C=O) groups is 1. The lowest BCUT2D eigenvalue weighted by Gasteiger charge is -2.18. The molecule has 0 aliphatic carbocycles. The minimum atomic E-state index is 0.0429. The van der Waals surface area contributed by atoms with E-state index in [1.165, 1.54) is 5.56 Å². The third-order valence-electron chi connectivity index (χ3n) is 6.85. The first kappa shape index (κ1) is 24.6. The summed E-state index contributed by atoms with van der Waals surface area (Å²) in [6.07, 6.45) is 5.30. The first-order valence-corrected chi connectivity index (χ1v) is 12.8. The number of ether oxygens (including phenoxy) is 2. The molecule has 1 aromatic heterocycles. The first-order chi connectivity index (χ1) is 18.1. The molecule has 1 aliphatic rings. The number of rotatable bonds is 9. The zero-order chi connectivity index (χ0) is 25.8. The van der Waals surface area contributed by atoms with Crippen LogP contribution in [0, 0.1) is 6.92 Å². The number of aromatic nitrogens is 2. The topological polar surface area (TPSA) is 56.6 Å². The Morgan fingerprint density at radius 3 is 2.65 bits per heavy atom. The maximum absolute atomic E-state index is 13.0. The molecule has 0 N–H and O–H groups in total. The number of amides is 1. The highest BCUT2D eigenvalue weighted by atomic mass is 16.5. The number of fused-ring (bicyclic) bond motifs is 1. The Bertz CT molecular complexity index is 1420. The highest BCUT2D eigenvalue weighted by Gasteiger charge is 2.34. The quantitative estimate of drug-likeness (QED) is 0.253. The van der Waals surface area contributed by atoms with Gasteiger partial charge < -0.3 is 18.9 Å². The van der Waals surface area contributed by atoms with Crippen molar-refractivity contribution in [1.29, 1.82) is 0 Å². The summed E-state index contributed by atoms with van der Waals surface area (Å²) >= 11 is 0. The van der Waals surface area contributed by atoms with Crippen LogP contribution >= 0.6 is 0 Å². The second kappa shape index (κ2) is 10.9. The smallest absolute Gasteiger partial charge is 0.227 e. The fourth-order valence-corrected chi connectivity index (χ4v) is 5.00. The molecule has 6 heteroatoms. The van der Waals surface area contributed by atoms with Gasteiger partial charge in [0, 0.05) is 31.1 Å². The molecule has 37 heavy (non-hydrogen) atoms. The number of benzene rings is 3. The number of methoxy groups -OCH3 is 1. The van der Waals surface area contributed by atoms with Gasteiger partial charge in [0.1, 0.15) is 5.82 Å². The molecule has 0 bridgehead atoms. The van der Waals surface area contributed by atoms with Gasteiger partial charge in [0.2, 0.25) is 5.91 Å². The van der Waals surface area contributed by atoms with E-state index in [0.29, 0.717) is 19.6 Å². The van der Waals surface area contributed by atoms with Gasteiger partial charge in [0.25, 0.3) is 0 Å². The molecule has 0 radical (unpaired) electrons. The summed E-state index contributed by atoms with van der Waals surface area (Å²) in [6.45, 7) is 5.98. The Kier molecular flexibility index (Phi) is 7.26. The van der Waals surface area contributed by atoms with E-state index in [9.17, 15) is 4.79 Å². The molecular weight excluding hydrogens is 462 g/mol. The minimum absolute atomic E-state index is 0.0429. The molecule has 1 fully saturated rings. The van der Waals surface area contributed by atoms with Gasteiger partial charge in [-0.15, -0.1) is 0 Å².